The van der Waals surface area contributed by atoms with Crippen LogP contribution in [0.25, 0.3) is 10.9 Å². The van der Waals surface area contributed by atoms with Crippen LogP contribution in [-0.2, 0) is 4.74 Å². The third-order valence-corrected chi connectivity index (χ3v) is 4.08. The average molecular weight is 290 g/mol. The lowest BCUT2D eigenvalue weighted by atomic mass is 10.1. The van der Waals surface area contributed by atoms with Crippen LogP contribution in [0.1, 0.15) is 28.7 Å². The molecule has 3 aromatic rings. The van der Waals surface area contributed by atoms with Gasteiger partial charge in [0.05, 0.1) is 0 Å². The van der Waals surface area contributed by atoms with Crippen molar-refractivity contribution in [2.45, 2.75) is 12.4 Å². The van der Waals surface area contributed by atoms with E-state index in [1.165, 1.54) is 18.4 Å². The number of aliphatic hydroxyl groups excluding tert-OH is 2. The molecule has 5 nitrogen and oxygen atoms in total. The molecule has 6 heteroatoms. The number of ether oxygens (including phenoxy) is 1. The van der Waals surface area contributed by atoms with Crippen LogP contribution in [0.5, 0.6) is 0 Å². The molecule has 3 N–H and O–H groups in total. The quantitative estimate of drug-likeness (QED) is 0.644. The van der Waals surface area contributed by atoms with Crippen LogP contribution in [0.15, 0.2) is 35.8 Å². The number of thiazole rings is 1. The lowest BCUT2D eigenvalue weighted by Gasteiger charge is -2.07. The maximum absolute atomic E-state index is 10.5. The number of aliphatic hydroxyl groups is 2. The van der Waals surface area contributed by atoms with Crippen molar-refractivity contribution in [3.63, 3.8) is 0 Å². The van der Waals surface area contributed by atoms with Gasteiger partial charge in [-0.1, -0.05) is 18.2 Å². The molecule has 2 atom stereocenters. The van der Waals surface area contributed by atoms with Crippen LogP contribution in [0.4, 0.5) is 0 Å². The summed E-state index contributed by atoms with van der Waals surface area (Å²) in [4.78, 5) is 7.35. The van der Waals surface area contributed by atoms with E-state index in [1.807, 2.05) is 24.3 Å². The summed E-state index contributed by atoms with van der Waals surface area (Å²) < 4.78 is 4.80. The molecule has 0 aliphatic carbocycles. The summed E-state index contributed by atoms with van der Waals surface area (Å²) in [5.41, 5.74) is 2.15. The minimum Gasteiger partial charge on any atom is -0.381 e. The fourth-order valence-corrected chi connectivity index (χ4v) is 2.94. The van der Waals surface area contributed by atoms with Gasteiger partial charge in [0.2, 0.25) is 0 Å². The summed E-state index contributed by atoms with van der Waals surface area (Å²) in [6, 6.07) is 7.76. The van der Waals surface area contributed by atoms with Gasteiger partial charge >= 0.3 is 0 Å². The molecule has 0 radical (unpaired) electrons. The Morgan fingerprint density at radius 1 is 1.30 bits per heavy atom. The summed E-state index contributed by atoms with van der Waals surface area (Å²) in [7, 11) is 1.40. The van der Waals surface area contributed by atoms with Crippen LogP contribution in [0.2, 0.25) is 0 Å². The fraction of sp³-hybridized carbons (Fsp3) is 0.214. The smallest absolute Gasteiger partial charge is 0.199 e. The van der Waals surface area contributed by atoms with E-state index in [1.54, 1.807) is 11.6 Å². The Labute approximate surface area is 119 Å². The van der Waals surface area contributed by atoms with Gasteiger partial charge in [0.15, 0.2) is 6.29 Å². The molecule has 0 aliphatic rings. The summed E-state index contributed by atoms with van der Waals surface area (Å²) in [5, 5.41) is 23.2. The van der Waals surface area contributed by atoms with Crippen LogP contribution >= 0.6 is 11.3 Å². The first-order valence-electron chi connectivity index (χ1n) is 6.11. The summed E-state index contributed by atoms with van der Waals surface area (Å²) in [6.07, 6.45) is -0.104. The van der Waals surface area contributed by atoms with Crippen LogP contribution in [0.3, 0.4) is 0 Å². The lowest BCUT2D eigenvalue weighted by Crippen LogP contribution is -2.02. The number of benzene rings is 1. The number of aromatic nitrogens is 2. The first-order chi connectivity index (χ1) is 9.70. The molecule has 0 aliphatic heterocycles. The Hall–Kier alpha value is -1.73. The number of hydrogen-bond donors (Lipinski definition) is 3. The Balaban J connectivity index is 1.96. The molecule has 3 rings (SSSR count). The maximum atomic E-state index is 10.5. The number of hydrogen-bond acceptors (Lipinski definition) is 5. The molecular weight excluding hydrogens is 276 g/mol. The van der Waals surface area contributed by atoms with Gasteiger partial charge in [-0.2, -0.15) is 0 Å². The Morgan fingerprint density at radius 3 is 2.90 bits per heavy atom. The SMILES string of the molecule is COC(O)c1csc(C(O)c2c[nH]c3ccccc23)n1. The number of rotatable bonds is 4. The molecule has 1 aromatic carbocycles. The van der Waals surface area contributed by atoms with E-state index in [9.17, 15) is 10.2 Å². The van der Waals surface area contributed by atoms with E-state index in [-0.39, 0.29) is 0 Å². The highest BCUT2D eigenvalue weighted by molar-refractivity contribution is 7.09. The van der Waals surface area contributed by atoms with Crippen LogP contribution in [0, 0.1) is 0 Å². The summed E-state index contributed by atoms with van der Waals surface area (Å²) in [5.74, 6) is 0. The Bertz CT molecular complexity index is 722. The van der Waals surface area contributed by atoms with Gasteiger partial charge in [0.1, 0.15) is 16.8 Å². The standard InChI is InChI=1S/C14H14N2O3S/c1-19-14(18)11-7-20-13(16-11)12(17)9-6-15-10-5-3-2-4-8(9)10/h2-7,12,14-15,17-18H,1H3. The predicted molar refractivity (Wildman–Crippen MR) is 76.4 cm³/mol. The minimum atomic E-state index is -1.06. The monoisotopic (exact) mass is 290 g/mol. The molecule has 0 saturated heterocycles. The zero-order chi connectivity index (χ0) is 14.1. The number of fused-ring (bicyclic) bond motifs is 1. The van der Waals surface area contributed by atoms with Gasteiger partial charge in [0, 0.05) is 35.2 Å². The highest BCUT2D eigenvalue weighted by atomic mass is 32.1. The number of aromatic amines is 1. The van der Waals surface area contributed by atoms with E-state index in [0.29, 0.717) is 10.7 Å². The number of methoxy groups -OCH3 is 1. The lowest BCUT2D eigenvalue weighted by molar-refractivity contribution is -0.0796. The maximum Gasteiger partial charge on any atom is 0.199 e. The highest BCUT2D eigenvalue weighted by Gasteiger charge is 2.20. The molecular formula is C14H14N2O3S. The topological polar surface area (TPSA) is 78.4 Å². The van der Waals surface area contributed by atoms with Crippen molar-refractivity contribution in [3.8, 4) is 0 Å². The van der Waals surface area contributed by atoms with Gasteiger partial charge in [-0.25, -0.2) is 4.98 Å². The van der Waals surface area contributed by atoms with Crippen molar-refractivity contribution >= 4 is 22.2 Å². The Kier molecular flexibility index (Phi) is 3.54. The second-order valence-electron chi connectivity index (χ2n) is 4.39. The molecule has 0 bridgehead atoms. The minimum absolute atomic E-state index is 0.409. The summed E-state index contributed by atoms with van der Waals surface area (Å²) >= 11 is 1.29. The second kappa shape index (κ2) is 5.34. The first kappa shape index (κ1) is 13.3. The van der Waals surface area contributed by atoms with E-state index in [4.69, 9.17) is 4.74 Å². The molecule has 0 amide bonds. The molecule has 2 unspecified atom stereocenters. The van der Waals surface area contributed by atoms with Crippen molar-refractivity contribution < 1.29 is 14.9 Å². The third-order valence-electron chi connectivity index (χ3n) is 3.17. The van der Waals surface area contributed by atoms with Crippen molar-refractivity contribution in [2.75, 3.05) is 7.11 Å². The molecule has 0 fully saturated rings. The van der Waals surface area contributed by atoms with Gasteiger partial charge in [-0.05, 0) is 6.07 Å². The second-order valence-corrected chi connectivity index (χ2v) is 5.28. The molecule has 0 spiro atoms. The number of H-pyrrole nitrogens is 1. The van der Waals surface area contributed by atoms with Gasteiger partial charge < -0.3 is 19.9 Å². The average Bonchev–Trinajstić information content (AvgIpc) is 3.12. The molecule has 104 valence electrons. The van der Waals surface area contributed by atoms with Crippen molar-refractivity contribution in [1.82, 2.24) is 9.97 Å². The van der Waals surface area contributed by atoms with E-state index < -0.39 is 12.4 Å². The summed E-state index contributed by atoms with van der Waals surface area (Å²) in [6.45, 7) is 0. The Morgan fingerprint density at radius 2 is 2.10 bits per heavy atom. The van der Waals surface area contributed by atoms with Crippen molar-refractivity contribution in [3.05, 3.63) is 52.1 Å². The van der Waals surface area contributed by atoms with Crippen molar-refractivity contribution in [1.29, 1.82) is 0 Å². The number of para-hydroxylation sites is 1. The van der Waals surface area contributed by atoms with E-state index in [0.717, 1.165) is 16.5 Å². The first-order valence-corrected chi connectivity index (χ1v) is 6.99. The molecule has 2 aromatic heterocycles. The number of nitrogens with one attached hydrogen (secondary N) is 1. The van der Waals surface area contributed by atoms with E-state index in [2.05, 4.69) is 9.97 Å². The van der Waals surface area contributed by atoms with E-state index >= 15 is 0 Å². The molecule has 2 heterocycles. The third kappa shape index (κ3) is 2.23. The van der Waals surface area contributed by atoms with Gasteiger partial charge in [0.25, 0.3) is 0 Å². The van der Waals surface area contributed by atoms with Gasteiger partial charge in [-0.15, -0.1) is 11.3 Å². The number of nitrogens with zero attached hydrogens (tertiary/aromatic N) is 1. The largest absolute Gasteiger partial charge is 0.381 e. The zero-order valence-electron chi connectivity index (χ0n) is 10.8. The predicted octanol–water partition coefficient (Wildman–Crippen LogP) is 2.34. The normalized spacial score (nSPS) is 14.6. The van der Waals surface area contributed by atoms with Crippen molar-refractivity contribution in [2.24, 2.45) is 0 Å². The fourth-order valence-electron chi connectivity index (χ4n) is 2.11. The van der Waals surface area contributed by atoms with Crippen LogP contribution < -0.4 is 0 Å². The van der Waals surface area contributed by atoms with Crippen LogP contribution in [-0.4, -0.2) is 27.3 Å². The molecule has 20 heavy (non-hydrogen) atoms. The molecule has 0 saturated carbocycles. The van der Waals surface area contributed by atoms with Gasteiger partial charge in [-0.3, -0.25) is 0 Å². The highest BCUT2D eigenvalue weighted by Crippen LogP contribution is 2.31. The zero-order valence-corrected chi connectivity index (χ0v) is 11.6.